The van der Waals surface area contributed by atoms with E-state index in [0.29, 0.717) is 3.73 Å². The summed E-state index contributed by atoms with van der Waals surface area (Å²) in [5.41, 5.74) is 0. The van der Waals surface area contributed by atoms with E-state index in [-0.39, 0.29) is 18.2 Å². The van der Waals surface area contributed by atoms with E-state index in [0.717, 1.165) is 6.61 Å². The maximum atomic E-state index is 5.50. The fraction of sp³-hybridized carbons (Fsp3) is 1.00. The summed E-state index contributed by atoms with van der Waals surface area (Å²) in [4.78, 5) is 0. The molecule has 1 saturated carbocycles. The molecule has 0 N–H and O–H groups in total. The first-order chi connectivity index (χ1) is 3.83. The fourth-order valence-corrected chi connectivity index (χ4v) is 3.66. The minimum Gasteiger partial charge on any atom is -0.402 e. The van der Waals surface area contributed by atoms with E-state index in [1.807, 2.05) is 0 Å². The number of ether oxygens (including phenoxy) is 1. The molecule has 3 heteroatoms. The minimum absolute atomic E-state index is 0.0677. The SMILES string of the molecule is CCO[C]1([Mg][Br])CC1. The summed E-state index contributed by atoms with van der Waals surface area (Å²) in [6, 6.07) is 0. The van der Waals surface area contributed by atoms with Crippen LogP contribution >= 0.6 is 12.9 Å². The predicted octanol–water partition coefficient (Wildman–Crippen LogP) is 1.53. The second kappa shape index (κ2) is 2.86. The van der Waals surface area contributed by atoms with E-state index in [1.54, 1.807) is 0 Å². The molecule has 1 aliphatic rings. The van der Waals surface area contributed by atoms with Crippen molar-refractivity contribution in [2.24, 2.45) is 0 Å². The van der Waals surface area contributed by atoms with Gasteiger partial charge in [-0.2, -0.15) is 0 Å². The Hall–Kier alpha value is 1.21. The lowest BCUT2D eigenvalue weighted by atomic mass is 10.7. The Morgan fingerprint density at radius 1 is 1.75 bits per heavy atom. The van der Waals surface area contributed by atoms with Crippen molar-refractivity contribution < 1.29 is 4.74 Å². The summed E-state index contributed by atoms with van der Waals surface area (Å²) in [7, 11) is 0. The van der Waals surface area contributed by atoms with Crippen molar-refractivity contribution in [1.82, 2.24) is 0 Å². The Labute approximate surface area is 65.8 Å². The van der Waals surface area contributed by atoms with Gasteiger partial charge in [0, 0.05) is 6.61 Å². The summed E-state index contributed by atoms with van der Waals surface area (Å²) in [5.74, 6) is 0. The third kappa shape index (κ3) is 1.59. The Morgan fingerprint density at radius 3 is 2.50 bits per heavy atom. The second-order valence-electron chi connectivity index (χ2n) is 2.25. The monoisotopic (exact) mass is 188 g/mol. The summed E-state index contributed by atoms with van der Waals surface area (Å²) < 4.78 is 5.90. The molecule has 0 radical (unpaired) electrons. The molecule has 0 spiro atoms. The Kier molecular flexibility index (Phi) is 2.62. The van der Waals surface area contributed by atoms with Gasteiger partial charge in [0.05, 0.1) is 0 Å². The Balaban J connectivity index is 2.20. The van der Waals surface area contributed by atoms with Gasteiger partial charge in [0.2, 0.25) is 0 Å². The summed E-state index contributed by atoms with van der Waals surface area (Å²) in [5, 5.41) is 0. The molecule has 0 unspecified atom stereocenters. The lowest BCUT2D eigenvalue weighted by Gasteiger charge is -2.09. The molecule has 0 bridgehead atoms. The second-order valence-corrected chi connectivity index (χ2v) is 5.49. The van der Waals surface area contributed by atoms with Gasteiger partial charge in [0.15, 0.2) is 0 Å². The lowest BCUT2D eigenvalue weighted by molar-refractivity contribution is 0.102. The maximum Gasteiger partial charge on any atom is 0.513 e. The smallest absolute Gasteiger partial charge is 0.402 e. The average Bonchev–Trinajstić information content (AvgIpc) is 2.50. The number of rotatable bonds is 3. The van der Waals surface area contributed by atoms with Gasteiger partial charge in [-0.05, 0) is 23.5 Å². The van der Waals surface area contributed by atoms with Crippen molar-refractivity contribution >= 4 is 31.1 Å². The van der Waals surface area contributed by atoms with Crippen molar-refractivity contribution in [3.8, 4) is 0 Å². The highest BCUT2D eigenvalue weighted by atomic mass is 79.9. The molecule has 0 aromatic carbocycles. The third-order valence-corrected chi connectivity index (χ3v) is 5.97. The van der Waals surface area contributed by atoms with Crippen molar-refractivity contribution in [2.45, 2.75) is 23.5 Å². The van der Waals surface area contributed by atoms with E-state index in [1.165, 1.54) is 12.8 Å². The van der Waals surface area contributed by atoms with Crippen LogP contribution in [0.3, 0.4) is 0 Å². The van der Waals surface area contributed by atoms with E-state index >= 15 is 0 Å². The minimum atomic E-state index is -0.0677. The van der Waals surface area contributed by atoms with E-state index < -0.39 is 0 Å². The molecule has 8 heavy (non-hydrogen) atoms. The molecule has 0 amide bonds. The Morgan fingerprint density at radius 2 is 2.38 bits per heavy atom. The quantitative estimate of drug-likeness (QED) is 0.612. The van der Waals surface area contributed by atoms with Crippen molar-refractivity contribution in [1.29, 1.82) is 0 Å². The predicted molar refractivity (Wildman–Crippen MR) is 38.3 cm³/mol. The van der Waals surface area contributed by atoms with Crippen molar-refractivity contribution in [3.05, 3.63) is 0 Å². The molecule has 44 valence electrons. The third-order valence-electron chi connectivity index (χ3n) is 1.50. The van der Waals surface area contributed by atoms with E-state index in [9.17, 15) is 0 Å². The first kappa shape index (κ1) is 7.31. The average molecular weight is 189 g/mol. The fourth-order valence-electron chi connectivity index (χ4n) is 0.762. The van der Waals surface area contributed by atoms with E-state index in [2.05, 4.69) is 19.8 Å². The van der Waals surface area contributed by atoms with Gasteiger partial charge in [0.25, 0.3) is 0 Å². The van der Waals surface area contributed by atoms with Crippen LogP contribution in [0.15, 0.2) is 0 Å². The largest absolute Gasteiger partial charge is 0.513 e. The number of hydrogen-bond acceptors (Lipinski definition) is 1. The van der Waals surface area contributed by atoms with Crippen LogP contribution < -0.4 is 0 Å². The molecule has 0 saturated heterocycles. The highest BCUT2D eigenvalue weighted by Gasteiger charge is 2.43. The van der Waals surface area contributed by atoms with Crippen LogP contribution in [-0.4, -0.2) is 28.5 Å². The van der Waals surface area contributed by atoms with Gasteiger partial charge in [-0.25, -0.2) is 0 Å². The van der Waals surface area contributed by atoms with Gasteiger partial charge in [-0.1, -0.05) is 0 Å². The zero-order chi connectivity index (χ0) is 6.04. The lowest BCUT2D eigenvalue weighted by Crippen LogP contribution is -2.17. The first-order valence-corrected chi connectivity index (χ1v) is 7.63. The van der Waals surface area contributed by atoms with Crippen LogP contribution in [0.4, 0.5) is 0 Å². The van der Waals surface area contributed by atoms with Gasteiger partial charge in [-0.3, -0.25) is 0 Å². The molecule has 0 aliphatic heterocycles. The van der Waals surface area contributed by atoms with Gasteiger partial charge in [0.1, 0.15) is 0 Å². The number of hydrogen-bond donors (Lipinski definition) is 0. The molecule has 0 atom stereocenters. The van der Waals surface area contributed by atoms with Crippen molar-refractivity contribution in [2.75, 3.05) is 6.61 Å². The molecule has 1 rings (SSSR count). The molecule has 1 nitrogen and oxygen atoms in total. The number of halogens is 1. The maximum absolute atomic E-state index is 5.50. The molecule has 0 aromatic heterocycles. The van der Waals surface area contributed by atoms with E-state index in [4.69, 9.17) is 4.74 Å². The zero-order valence-corrected chi connectivity index (χ0v) is 8.11. The molecule has 0 aromatic rings. The normalized spacial score (nSPS) is 22.2. The van der Waals surface area contributed by atoms with Crippen LogP contribution in [0.25, 0.3) is 0 Å². The van der Waals surface area contributed by atoms with Gasteiger partial charge < -0.3 is 17.6 Å². The van der Waals surface area contributed by atoms with Crippen LogP contribution in [0.5, 0.6) is 0 Å². The van der Waals surface area contributed by atoms with Crippen LogP contribution in [0, 0.1) is 0 Å². The molecule has 1 aliphatic carbocycles. The van der Waals surface area contributed by atoms with Crippen LogP contribution in [0.1, 0.15) is 19.8 Å². The molecule has 1 fully saturated rings. The molecular weight excluding hydrogens is 180 g/mol. The molecule has 0 heterocycles. The first-order valence-electron chi connectivity index (χ1n) is 3.03. The van der Waals surface area contributed by atoms with Gasteiger partial charge in [-0.15, -0.1) is 0 Å². The summed E-state index contributed by atoms with van der Waals surface area (Å²) >= 11 is 3.48. The van der Waals surface area contributed by atoms with Crippen LogP contribution in [-0.2, 0) is 4.74 Å². The van der Waals surface area contributed by atoms with Crippen molar-refractivity contribution in [3.63, 3.8) is 0 Å². The summed E-state index contributed by atoms with van der Waals surface area (Å²) in [6.45, 7) is 2.95. The summed E-state index contributed by atoms with van der Waals surface area (Å²) in [6.07, 6.45) is 2.61. The highest BCUT2D eigenvalue weighted by molar-refractivity contribution is 9.23. The topological polar surface area (TPSA) is 9.23 Å². The standard InChI is InChI=1S/C5H9O.BrH.Mg/c1-2-6-5-3-4-5;;/h2-4H2,1H3;1H;/q;;+1/p-1. The van der Waals surface area contributed by atoms with Crippen LogP contribution in [0.2, 0.25) is 0 Å². The highest BCUT2D eigenvalue weighted by Crippen LogP contribution is 2.39. The molecular formula is C5H9BrMgO. The zero-order valence-electron chi connectivity index (χ0n) is 5.11. The Bertz CT molecular complexity index is 82.5. The van der Waals surface area contributed by atoms with Gasteiger partial charge >= 0.3 is 18.2 Å².